The second-order valence-electron chi connectivity index (χ2n) is 18.6. The van der Waals surface area contributed by atoms with Crippen LogP contribution in [-0.4, -0.2) is 13.2 Å². The summed E-state index contributed by atoms with van der Waals surface area (Å²) < 4.78 is 12.0. The lowest BCUT2D eigenvalue weighted by Gasteiger charge is -2.27. The van der Waals surface area contributed by atoms with Crippen LogP contribution in [0.1, 0.15) is 79.6 Å². The van der Waals surface area contributed by atoms with E-state index in [4.69, 9.17) is 9.47 Å². The third-order valence-corrected chi connectivity index (χ3v) is 13.5. The van der Waals surface area contributed by atoms with Gasteiger partial charge in [0.25, 0.3) is 0 Å². The molecule has 0 amide bonds. The second kappa shape index (κ2) is 24.4. The molecular weight excluding hydrogens is 853 g/mol. The highest BCUT2D eigenvalue weighted by molar-refractivity contribution is 5.78. The fraction of sp³-hybridized carbons (Fsp3) is 0.212. The normalized spacial score (nSPS) is 11.1. The standard InChI is InChI=1S/C66H68N2O2/c1-7-53-15-21-59(22-16-53)47-69-43-9-11-55-25-35-61(36-26-55)67(65-33-13-49(3)51(5)45-65)63-39-29-57(30-40-63)19-20-58-31-41-64(42-32-58)68(66-34-14-50(4)52(6)46-66)62-37-27-56(28-38-62)12-10-44-70-48-60-23-17-54(8-2)18-24-60/h7-8,13-18,21-42,45-46H,1-2,9-12,19-20,43-44,47-48H2,3-6H3. The van der Waals surface area contributed by atoms with Gasteiger partial charge in [-0.1, -0.05) is 135 Å². The summed E-state index contributed by atoms with van der Waals surface area (Å²) in [6, 6.07) is 66.6. The molecule has 8 aromatic carbocycles. The maximum absolute atomic E-state index is 6.00. The van der Waals surface area contributed by atoms with Crippen molar-refractivity contribution in [3.63, 3.8) is 0 Å². The quantitative estimate of drug-likeness (QED) is 0.0597. The molecule has 0 fully saturated rings. The number of anilines is 6. The number of aryl methyl sites for hydroxylation is 8. The molecule has 0 spiro atoms. The van der Waals surface area contributed by atoms with Gasteiger partial charge >= 0.3 is 0 Å². The maximum Gasteiger partial charge on any atom is 0.0716 e. The van der Waals surface area contributed by atoms with Crippen LogP contribution in [0.4, 0.5) is 34.1 Å². The molecule has 0 heterocycles. The lowest BCUT2D eigenvalue weighted by molar-refractivity contribution is 0.118. The van der Waals surface area contributed by atoms with Gasteiger partial charge in [0.05, 0.1) is 13.2 Å². The van der Waals surface area contributed by atoms with Gasteiger partial charge in [0.1, 0.15) is 0 Å². The molecule has 8 aromatic rings. The molecule has 354 valence electrons. The van der Waals surface area contributed by atoms with Crippen molar-refractivity contribution in [2.75, 3.05) is 23.0 Å². The largest absolute Gasteiger partial charge is 0.377 e. The van der Waals surface area contributed by atoms with Crippen LogP contribution in [0.15, 0.2) is 195 Å². The van der Waals surface area contributed by atoms with Gasteiger partial charge in [0.2, 0.25) is 0 Å². The zero-order valence-electron chi connectivity index (χ0n) is 41.7. The molecule has 0 saturated carbocycles. The number of hydrogen-bond acceptors (Lipinski definition) is 4. The Balaban J connectivity index is 0.887. The summed E-state index contributed by atoms with van der Waals surface area (Å²) in [4.78, 5) is 4.74. The van der Waals surface area contributed by atoms with Crippen molar-refractivity contribution >= 4 is 46.3 Å². The molecule has 0 aliphatic heterocycles. The summed E-state index contributed by atoms with van der Waals surface area (Å²) in [7, 11) is 0. The first-order valence-corrected chi connectivity index (χ1v) is 24.9. The highest BCUT2D eigenvalue weighted by atomic mass is 16.5. The molecule has 0 aromatic heterocycles. The van der Waals surface area contributed by atoms with E-state index in [1.165, 1.54) is 55.6 Å². The Morgan fingerprint density at radius 3 is 0.914 bits per heavy atom. The van der Waals surface area contributed by atoms with Crippen molar-refractivity contribution in [1.29, 1.82) is 0 Å². The summed E-state index contributed by atoms with van der Waals surface area (Å²) in [5, 5.41) is 0. The van der Waals surface area contributed by atoms with E-state index in [1.54, 1.807) is 0 Å². The maximum atomic E-state index is 6.00. The average molecular weight is 921 g/mol. The van der Waals surface area contributed by atoms with Crippen LogP contribution in [0, 0.1) is 27.7 Å². The number of hydrogen-bond donors (Lipinski definition) is 0. The zero-order valence-corrected chi connectivity index (χ0v) is 41.7. The topological polar surface area (TPSA) is 24.9 Å². The van der Waals surface area contributed by atoms with Gasteiger partial charge in [0, 0.05) is 47.3 Å². The molecule has 0 bridgehead atoms. The van der Waals surface area contributed by atoms with Crippen molar-refractivity contribution in [2.45, 2.75) is 79.4 Å². The highest BCUT2D eigenvalue weighted by Crippen LogP contribution is 2.38. The van der Waals surface area contributed by atoms with Gasteiger partial charge in [0.15, 0.2) is 0 Å². The van der Waals surface area contributed by atoms with Crippen molar-refractivity contribution < 1.29 is 9.47 Å². The third-order valence-electron chi connectivity index (χ3n) is 13.5. The van der Waals surface area contributed by atoms with Gasteiger partial charge in [-0.25, -0.2) is 0 Å². The fourth-order valence-electron chi connectivity index (χ4n) is 8.80. The second-order valence-corrected chi connectivity index (χ2v) is 18.6. The fourth-order valence-corrected chi connectivity index (χ4v) is 8.80. The predicted octanol–water partition coefficient (Wildman–Crippen LogP) is 17.2. The molecule has 4 heteroatoms. The Labute approximate surface area is 418 Å². The van der Waals surface area contributed by atoms with Crippen LogP contribution in [0.3, 0.4) is 0 Å². The minimum Gasteiger partial charge on any atom is -0.377 e. The van der Waals surface area contributed by atoms with E-state index in [9.17, 15) is 0 Å². The molecule has 70 heavy (non-hydrogen) atoms. The third kappa shape index (κ3) is 13.3. The van der Waals surface area contributed by atoms with Crippen molar-refractivity contribution in [3.05, 3.63) is 262 Å². The van der Waals surface area contributed by atoms with Crippen molar-refractivity contribution in [1.82, 2.24) is 0 Å². The van der Waals surface area contributed by atoms with Crippen LogP contribution in [0.2, 0.25) is 0 Å². The van der Waals surface area contributed by atoms with Gasteiger partial charge in [-0.2, -0.15) is 0 Å². The van der Waals surface area contributed by atoms with E-state index in [0.29, 0.717) is 13.2 Å². The van der Waals surface area contributed by atoms with E-state index in [2.05, 4.69) is 233 Å². The Bertz CT molecular complexity index is 2710. The minimum atomic E-state index is 0.629. The number of rotatable bonds is 23. The Kier molecular flexibility index (Phi) is 17.1. The molecule has 0 atom stereocenters. The molecule has 4 nitrogen and oxygen atoms in total. The van der Waals surface area contributed by atoms with E-state index >= 15 is 0 Å². The Hall–Kier alpha value is -7.24. The van der Waals surface area contributed by atoms with Gasteiger partial charge in [-0.3, -0.25) is 0 Å². The number of benzene rings is 8. The summed E-state index contributed by atoms with van der Waals surface area (Å²) in [6.07, 6.45) is 9.54. The molecule has 0 saturated heterocycles. The first-order valence-electron chi connectivity index (χ1n) is 24.9. The monoisotopic (exact) mass is 921 g/mol. The molecule has 0 aliphatic rings. The van der Waals surface area contributed by atoms with Gasteiger partial charge in [-0.15, -0.1) is 0 Å². The average Bonchev–Trinajstić information content (AvgIpc) is 3.39. The molecule has 0 radical (unpaired) electrons. The minimum absolute atomic E-state index is 0.629. The molecule has 8 rings (SSSR count). The van der Waals surface area contributed by atoms with Crippen LogP contribution in [-0.2, 0) is 48.4 Å². The van der Waals surface area contributed by atoms with Crippen molar-refractivity contribution in [3.8, 4) is 0 Å². The summed E-state index contributed by atoms with van der Waals surface area (Å²) >= 11 is 0. The van der Waals surface area contributed by atoms with E-state index in [-0.39, 0.29) is 0 Å². The lowest BCUT2D eigenvalue weighted by atomic mass is 10.0. The van der Waals surface area contributed by atoms with E-state index in [0.717, 1.165) is 97.0 Å². The number of ether oxygens (including phenoxy) is 2. The summed E-state index contributed by atoms with van der Waals surface area (Å²) in [5.74, 6) is 0. The Morgan fingerprint density at radius 2 is 0.614 bits per heavy atom. The molecular formula is C66H68N2O2. The summed E-state index contributed by atoms with van der Waals surface area (Å²) in [6.45, 7) is 19.1. The SMILES string of the molecule is C=Cc1ccc(COCCCc2ccc(N(c3ccc(CCc4ccc(N(c5ccc(CCCOCc6ccc(C=C)cc6)cc5)c5ccc(C)c(C)c5)cc4)cc3)c3ccc(C)c(C)c3)cc2)cc1. The van der Waals surface area contributed by atoms with Crippen LogP contribution < -0.4 is 9.80 Å². The smallest absolute Gasteiger partial charge is 0.0716 e. The van der Waals surface area contributed by atoms with Crippen LogP contribution in [0.5, 0.6) is 0 Å². The Morgan fingerprint density at radius 1 is 0.329 bits per heavy atom. The number of nitrogens with zero attached hydrogens (tertiary/aromatic N) is 2. The first kappa shape index (κ1) is 49.2. The summed E-state index contributed by atoms with van der Waals surface area (Å²) in [5.41, 5.74) is 22.0. The van der Waals surface area contributed by atoms with Gasteiger partial charge in [-0.05, 0) is 206 Å². The first-order chi connectivity index (χ1) is 34.2. The molecule has 0 unspecified atom stereocenters. The van der Waals surface area contributed by atoms with E-state index < -0.39 is 0 Å². The predicted molar refractivity (Wildman–Crippen MR) is 298 cm³/mol. The van der Waals surface area contributed by atoms with E-state index in [1.807, 2.05) is 12.2 Å². The zero-order chi connectivity index (χ0) is 48.7. The van der Waals surface area contributed by atoms with Gasteiger partial charge < -0.3 is 19.3 Å². The van der Waals surface area contributed by atoms with Crippen LogP contribution in [0.25, 0.3) is 12.2 Å². The molecule has 0 N–H and O–H groups in total. The van der Waals surface area contributed by atoms with Crippen molar-refractivity contribution in [2.24, 2.45) is 0 Å². The molecule has 0 aliphatic carbocycles. The lowest BCUT2D eigenvalue weighted by Crippen LogP contribution is -2.11. The van der Waals surface area contributed by atoms with Crippen LogP contribution >= 0.6 is 0 Å². The highest BCUT2D eigenvalue weighted by Gasteiger charge is 2.16.